The molecule has 0 fully saturated rings. The third-order valence-corrected chi connectivity index (χ3v) is 2.76. The number of rotatable bonds is 2. The maximum atomic E-state index is 12.6. The van der Waals surface area contributed by atoms with Crippen LogP contribution in [0.25, 0.3) is 0 Å². The highest BCUT2D eigenvalue weighted by molar-refractivity contribution is 9.10. The minimum atomic E-state index is -4.69. The first kappa shape index (κ1) is 13.8. The number of benzene rings is 1. The van der Waals surface area contributed by atoms with E-state index in [-0.39, 0.29) is 0 Å². The van der Waals surface area contributed by atoms with E-state index in [2.05, 4.69) is 15.9 Å². The minimum absolute atomic E-state index is 0.291. The van der Waals surface area contributed by atoms with Crippen LogP contribution in [0.1, 0.15) is 15.9 Å². The van der Waals surface area contributed by atoms with E-state index >= 15 is 0 Å². The van der Waals surface area contributed by atoms with Crippen molar-refractivity contribution < 1.29 is 18.0 Å². The molecule has 1 aromatic carbocycles. The van der Waals surface area contributed by atoms with E-state index in [0.717, 1.165) is 12.1 Å². The second-order valence-corrected chi connectivity index (χ2v) is 4.45. The fraction of sp³-hybridized carbons (Fsp3) is 0.222. The zero-order valence-electron chi connectivity index (χ0n) is 7.54. The van der Waals surface area contributed by atoms with Crippen molar-refractivity contribution >= 4 is 44.9 Å². The van der Waals surface area contributed by atoms with Gasteiger partial charge >= 0.3 is 6.18 Å². The SMILES string of the molecule is O=C(CCl)c1cc(Br)cc(Cl)c1C(F)(F)F. The lowest BCUT2D eigenvalue weighted by molar-refractivity contribution is -0.137. The lowest BCUT2D eigenvalue weighted by Gasteiger charge is -2.13. The molecule has 0 N–H and O–H groups in total. The van der Waals surface area contributed by atoms with Crippen LogP contribution in [0.4, 0.5) is 13.2 Å². The van der Waals surface area contributed by atoms with Crippen molar-refractivity contribution in [3.8, 4) is 0 Å². The Hall–Kier alpha value is -0.260. The molecular weight excluding hydrogens is 332 g/mol. The summed E-state index contributed by atoms with van der Waals surface area (Å²) in [6, 6.07) is 2.13. The number of carbonyl (C=O) groups excluding carboxylic acids is 1. The Morgan fingerprint density at radius 1 is 1.38 bits per heavy atom. The summed E-state index contributed by atoms with van der Waals surface area (Å²) in [4.78, 5) is 11.3. The Morgan fingerprint density at radius 2 is 1.94 bits per heavy atom. The number of Topliss-reactive ketones (excluding diaryl/α,β-unsaturated/α-hetero) is 1. The molecule has 0 unspecified atom stereocenters. The van der Waals surface area contributed by atoms with E-state index in [0.29, 0.717) is 4.47 Å². The monoisotopic (exact) mass is 334 g/mol. The van der Waals surface area contributed by atoms with Gasteiger partial charge in [0.15, 0.2) is 5.78 Å². The van der Waals surface area contributed by atoms with Crippen molar-refractivity contribution in [3.63, 3.8) is 0 Å². The van der Waals surface area contributed by atoms with Gasteiger partial charge in [0.1, 0.15) is 0 Å². The van der Waals surface area contributed by atoms with Crippen LogP contribution >= 0.6 is 39.1 Å². The molecule has 0 aliphatic rings. The molecule has 0 saturated heterocycles. The Morgan fingerprint density at radius 3 is 2.38 bits per heavy atom. The van der Waals surface area contributed by atoms with Crippen LogP contribution < -0.4 is 0 Å². The summed E-state index contributed by atoms with van der Waals surface area (Å²) < 4.78 is 38.2. The third kappa shape index (κ3) is 2.90. The zero-order chi connectivity index (χ0) is 12.5. The summed E-state index contributed by atoms with van der Waals surface area (Å²) in [5.41, 5.74) is -1.68. The number of hydrogen-bond acceptors (Lipinski definition) is 1. The van der Waals surface area contributed by atoms with Gasteiger partial charge in [-0.1, -0.05) is 27.5 Å². The molecule has 0 aliphatic heterocycles. The van der Waals surface area contributed by atoms with E-state index in [4.69, 9.17) is 23.2 Å². The number of alkyl halides is 4. The third-order valence-electron chi connectivity index (χ3n) is 1.76. The molecule has 0 saturated carbocycles. The highest BCUT2D eigenvalue weighted by Gasteiger charge is 2.37. The number of hydrogen-bond donors (Lipinski definition) is 0. The maximum Gasteiger partial charge on any atom is 0.418 e. The molecule has 16 heavy (non-hydrogen) atoms. The molecule has 0 heterocycles. The molecule has 88 valence electrons. The van der Waals surface area contributed by atoms with Gasteiger partial charge in [-0.25, -0.2) is 0 Å². The molecule has 0 spiro atoms. The van der Waals surface area contributed by atoms with Crippen molar-refractivity contribution in [2.24, 2.45) is 0 Å². The molecule has 0 aromatic heterocycles. The van der Waals surface area contributed by atoms with Crippen LogP contribution in [0.3, 0.4) is 0 Å². The molecule has 1 rings (SSSR count). The maximum absolute atomic E-state index is 12.6. The Bertz CT molecular complexity index is 431. The largest absolute Gasteiger partial charge is 0.418 e. The van der Waals surface area contributed by atoms with Crippen LogP contribution in [0.5, 0.6) is 0 Å². The van der Waals surface area contributed by atoms with Crippen LogP contribution in [-0.2, 0) is 6.18 Å². The second-order valence-electron chi connectivity index (χ2n) is 2.86. The first-order valence-corrected chi connectivity index (χ1v) is 5.63. The van der Waals surface area contributed by atoms with E-state index in [1.165, 1.54) is 0 Å². The van der Waals surface area contributed by atoms with Gasteiger partial charge in [-0.05, 0) is 12.1 Å². The van der Waals surface area contributed by atoms with Gasteiger partial charge in [0.2, 0.25) is 0 Å². The number of halogens is 6. The molecule has 0 aliphatic carbocycles. The lowest BCUT2D eigenvalue weighted by Crippen LogP contribution is -2.14. The topological polar surface area (TPSA) is 17.1 Å². The van der Waals surface area contributed by atoms with Crippen molar-refractivity contribution in [2.75, 3.05) is 5.88 Å². The van der Waals surface area contributed by atoms with Crippen molar-refractivity contribution in [1.29, 1.82) is 0 Å². The highest BCUT2D eigenvalue weighted by atomic mass is 79.9. The first-order chi connectivity index (χ1) is 7.27. The average Bonchev–Trinajstić information content (AvgIpc) is 2.12. The smallest absolute Gasteiger partial charge is 0.293 e. The van der Waals surface area contributed by atoms with E-state index in [9.17, 15) is 18.0 Å². The van der Waals surface area contributed by atoms with Gasteiger partial charge < -0.3 is 0 Å². The quantitative estimate of drug-likeness (QED) is 0.572. The molecule has 0 amide bonds. The van der Waals surface area contributed by atoms with Gasteiger partial charge in [0.05, 0.1) is 16.5 Å². The van der Waals surface area contributed by atoms with Crippen LogP contribution in [-0.4, -0.2) is 11.7 Å². The van der Waals surface area contributed by atoms with Crippen LogP contribution in [0.2, 0.25) is 5.02 Å². The predicted molar refractivity (Wildman–Crippen MR) is 59.2 cm³/mol. The summed E-state index contributed by atoms with van der Waals surface area (Å²) in [7, 11) is 0. The number of ketones is 1. The van der Waals surface area contributed by atoms with Gasteiger partial charge in [-0.3, -0.25) is 4.79 Å². The van der Waals surface area contributed by atoms with Crippen LogP contribution in [0.15, 0.2) is 16.6 Å². The zero-order valence-corrected chi connectivity index (χ0v) is 10.6. The average molecular weight is 336 g/mol. The van der Waals surface area contributed by atoms with Gasteiger partial charge in [0, 0.05) is 10.0 Å². The fourth-order valence-corrected chi connectivity index (χ4v) is 2.21. The van der Waals surface area contributed by atoms with Crippen molar-refractivity contribution in [2.45, 2.75) is 6.18 Å². The first-order valence-electron chi connectivity index (χ1n) is 3.92. The van der Waals surface area contributed by atoms with Gasteiger partial charge in [-0.15, -0.1) is 11.6 Å². The summed E-state index contributed by atoms with van der Waals surface area (Å²) in [6.07, 6.45) is -4.69. The Labute approximate surface area is 108 Å². The molecule has 7 heteroatoms. The van der Waals surface area contributed by atoms with E-state index in [1.54, 1.807) is 0 Å². The van der Waals surface area contributed by atoms with Crippen molar-refractivity contribution in [3.05, 3.63) is 32.8 Å². The molecule has 0 radical (unpaired) electrons. The summed E-state index contributed by atoms with van der Waals surface area (Å²) in [5.74, 6) is -1.35. The molecule has 1 aromatic rings. The lowest BCUT2D eigenvalue weighted by atomic mass is 10.0. The predicted octanol–water partition coefficient (Wildman–Crippen LogP) is 4.54. The molecule has 1 nitrogen and oxygen atoms in total. The molecular formula is C9H4BrCl2F3O. The fourth-order valence-electron chi connectivity index (χ4n) is 1.15. The van der Waals surface area contributed by atoms with Crippen LogP contribution in [0, 0.1) is 0 Å². The highest BCUT2D eigenvalue weighted by Crippen LogP contribution is 2.39. The van der Waals surface area contributed by atoms with E-state index < -0.39 is 34.0 Å². The summed E-state index contributed by atoms with van der Waals surface area (Å²) in [6.45, 7) is 0. The standard InChI is InChI=1S/C9H4BrCl2F3O/c10-4-1-5(7(16)3-11)8(6(12)2-4)9(13,14)15/h1-2H,3H2. The molecule has 0 atom stereocenters. The Balaban J connectivity index is 3.51. The summed E-state index contributed by atoms with van der Waals surface area (Å²) in [5, 5.41) is -0.532. The van der Waals surface area contributed by atoms with E-state index in [1.807, 2.05) is 0 Å². The molecule has 0 bridgehead atoms. The normalized spacial score (nSPS) is 11.6. The summed E-state index contributed by atoms with van der Waals surface area (Å²) >= 11 is 13.7. The Kier molecular flexibility index (Phi) is 4.26. The van der Waals surface area contributed by atoms with Gasteiger partial charge in [-0.2, -0.15) is 13.2 Å². The second kappa shape index (κ2) is 4.94. The van der Waals surface area contributed by atoms with Crippen molar-refractivity contribution in [1.82, 2.24) is 0 Å². The number of carbonyl (C=O) groups is 1. The minimum Gasteiger partial charge on any atom is -0.293 e. The van der Waals surface area contributed by atoms with Gasteiger partial charge in [0.25, 0.3) is 0 Å².